The zero-order chi connectivity index (χ0) is 24.3. The van der Waals surface area contributed by atoms with E-state index in [9.17, 15) is 14.9 Å². The number of hydrogen-bond acceptors (Lipinski definition) is 5. The van der Waals surface area contributed by atoms with E-state index in [1.807, 2.05) is 25.1 Å². The van der Waals surface area contributed by atoms with Gasteiger partial charge in [0.15, 0.2) is 6.61 Å². The SMILES string of the molecule is CCOc1ccc(NC(=O)COc2ccc(/C=C(/C#N)C(=O)Nc3ccc(I)cc3)cc2)cc1. The monoisotopic (exact) mass is 567 g/mol. The van der Waals surface area contributed by atoms with E-state index in [4.69, 9.17) is 9.47 Å². The highest BCUT2D eigenvalue weighted by molar-refractivity contribution is 14.1. The second kappa shape index (κ2) is 12.4. The fraction of sp³-hybridized carbons (Fsp3) is 0.115. The number of amides is 2. The fourth-order valence-corrected chi connectivity index (χ4v) is 3.21. The first-order chi connectivity index (χ1) is 16.5. The lowest BCUT2D eigenvalue weighted by Gasteiger charge is -2.09. The Kier molecular flexibility index (Phi) is 9.05. The van der Waals surface area contributed by atoms with Gasteiger partial charge >= 0.3 is 0 Å². The minimum absolute atomic E-state index is 0.0260. The molecule has 7 nitrogen and oxygen atoms in total. The van der Waals surface area contributed by atoms with Crippen molar-refractivity contribution in [2.24, 2.45) is 0 Å². The largest absolute Gasteiger partial charge is 0.494 e. The Hall–Kier alpha value is -3.84. The Morgan fingerprint density at radius 1 is 0.882 bits per heavy atom. The van der Waals surface area contributed by atoms with Gasteiger partial charge in [0.1, 0.15) is 23.1 Å². The summed E-state index contributed by atoms with van der Waals surface area (Å²) in [5, 5.41) is 14.8. The summed E-state index contributed by atoms with van der Waals surface area (Å²) < 4.78 is 11.9. The van der Waals surface area contributed by atoms with Crippen LogP contribution in [0, 0.1) is 14.9 Å². The fourth-order valence-electron chi connectivity index (χ4n) is 2.85. The Morgan fingerprint density at radius 3 is 2.06 bits per heavy atom. The van der Waals surface area contributed by atoms with E-state index in [1.165, 1.54) is 6.08 Å². The van der Waals surface area contributed by atoms with Gasteiger partial charge in [-0.2, -0.15) is 5.26 Å². The molecule has 0 unspecified atom stereocenters. The number of rotatable bonds is 9. The van der Waals surface area contributed by atoms with Crippen molar-refractivity contribution in [2.45, 2.75) is 6.92 Å². The van der Waals surface area contributed by atoms with E-state index in [-0.39, 0.29) is 18.1 Å². The maximum atomic E-state index is 12.4. The van der Waals surface area contributed by atoms with Crippen molar-refractivity contribution >= 4 is 51.9 Å². The van der Waals surface area contributed by atoms with Crippen LogP contribution in [-0.2, 0) is 9.59 Å². The number of anilines is 2. The minimum atomic E-state index is -0.491. The summed E-state index contributed by atoms with van der Waals surface area (Å²) in [7, 11) is 0. The van der Waals surface area contributed by atoms with Crippen LogP contribution in [0.3, 0.4) is 0 Å². The molecule has 3 aromatic carbocycles. The van der Waals surface area contributed by atoms with E-state index in [1.54, 1.807) is 60.7 Å². The summed E-state index contributed by atoms with van der Waals surface area (Å²) in [6.45, 7) is 2.32. The average Bonchev–Trinajstić information content (AvgIpc) is 2.84. The Morgan fingerprint density at radius 2 is 1.44 bits per heavy atom. The van der Waals surface area contributed by atoms with Crippen molar-refractivity contribution in [2.75, 3.05) is 23.8 Å². The lowest BCUT2D eigenvalue weighted by atomic mass is 10.1. The van der Waals surface area contributed by atoms with E-state index in [0.29, 0.717) is 29.3 Å². The molecule has 0 heterocycles. The van der Waals surface area contributed by atoms with Crippen LogP contribution in [0.4, 0.5) is 11.4 Å². The van der Waals surface area contributed by atoms with Crippen molar-refractivity contribution in [1.82, 2.24) is 0 Å². The molecule has 0 saturated carbocycles. The third-order valence-electron chi connectivity index (χ3n) is 4.48. The highest BCUT2D eigenvalue weighted by Gasteiger charge is 2.10. The zero-order valence-corrected chi connectivity index (χ0v) is 20.5. The third-order valence-corrected chi connectivity index (χ3v) is 5.20. The highest BCUT2D eigenvalue weighted by atomic mass is 127. The van der Waals surface area contributed by atoms with Crippen LogP contribution in [0.5, 0.6) is 11.5 Å². The minimum Gasteiger partial charge on any atom is -0.494 e. The molecule has 0 spiro atoms. The average molecular weight is 567 g/mol. The van der Waals surface area contributed by atoms with Gasteiger partial charge in [-0.1, -0.05) is 12.1 Å². The molecule has 3 rings (SSSR count). The maximum Gasteiger partial charge on any atom is 0.266 e. The van der Waals surface area contributed by atoms with Gasteiger partial charge in [0, 0.05) is 14.9 Å². The van der Waals surface area contributed by atoms with Crippen LogP contribution in [0.1, 0.15) is 12.5 Å². The highest BCUT2D eigenvalue weighted by Crippen LogP contribution is 2.18. The summed E-state index contributed by atoms with van der Waals surface area (Å²) in [6.07, 6.45) is 1.49. The molecule has 2 N–H and O–H groups in total. The molecule has 34 heavy (non-hydrogen) atoms. The quantitative estimate of drug-likeness (QED) is 0.209. The number of carbonyl (C=O) groups is 2. The molecular formula is C26H22IN3O4. The molecule has 0 fully saturated rings. The molecular weight excluding hydrogens is 545 g/mol. The first-order valence-corrected chi connectivity index (χ1v) is 11.5. The number of halogens is 1. The number of benzene rings is 3. The van der Waals surface area contributed by atoms with Crippen molar-refractivity contribution in [1.29, 1.82) is 5.26 Å². The van der Waals surface area contributed by atoms with E-state index in [0.717, 1.165) is 9.32 Å². The van der Waals surface area contributed by atoms with Gasteiger partial charge < -0.3 is 20.1 Å². The molecule has 0 saturated heterocycles. The van der Waals surface area contributed by atoms with Crippen LogP contribution >= 0.6 is 22.6 Å². The van der Waals surface area contributed by atoms with Crippen LogP contribution < -0.4 is 20.1 Å². The molecule has 0 bridgehead atoms. The van der Waals surface area contributed by atoms with Gasteiger partial charge in [0.05, 0.1) is 6.61 Å². The summed E-state index contributed by atoms with van der Waals surface area (Å²) in [4.78, 5) is 24.5. The number of nitrogens with one attached hydrogen (secondary N) is 2. The molecule has 0 radical (unpaired) electrons. The summed E-state index contributed by atoms with van der Waals surface area (Å²) in [5.41, 5.74) is 1.88. The number of hydrogen-bond donors (Lipinski definition) is 2. The molecule has 0 aliphatic heterocycles. The van der Waals surface area contributed by atoms with Crippen molar-refractivity contribution < 1.29 is 19.1 Å². The lowest BCUT2D eigenvalue weighted by Crippen LogP contribution is -2.20. The van der Waals surface area contributed by atoms with Crippen LogP contribution in [0.2, 0.25) is 0 Å². The van der Waals surface area contributed by atoms with Crippen molar-refractivity contribution in [3.05, 3.63) is 87.5 Å². The molecule has 3 aromatic rings. The summed E-state index contributed by atoms with van der Waals surface area (Å²) in [6, 6.07) is 23.0. The first kappa shape index (κ1) is 24.8. The van der Waals surface area contributed by atoms with Crippen LogP contribution in [-0.4, -0.2) is 25.0 Å². The van der Waals surface area contributed by atoms with Gasteiger partial charge in [0.2, 0.25) is 0 Å². The van der Waals surface area contributed by atoms with Gasteiger partial charge in [-0.15, -0.1) is 0 Å². The summed E-state index contributed by atoms with van der Waals surface area (Å²) >= 11 is 2.17. The van der Waals surface area contributed by atoms with Crippen LogP contribution in [0.25, 0.3) is 6.08 Å². The Labute approximate surface area is 211 Å². The van der Waals surface area contributed by atoms with Gasteiger partial charge in [-0.25, -0.2) is 0 Å². The molecule has 8 heteroatoms. The van der Waals surface area contributed by atoms with Gasteiger partial charge in [-0.3, -0.25) is 9.59 Å². The first-order valence-electron chi connectivity index (χ1n) is 10.4. The second-order valence-corrected chi connectivity index (χ2v) is 8.24. The predicted octanol–water partition coefficient (Wildman–Crippen LogP) is 5.25. The molecule has 2 amide bonds. The maximum absolute atomic E-state index is 12.4. The number of carbonyl (C=O) groups excluding carboxylic acids is 2. The second-order valence-electron chi connectivity index (χ2n) is 6.99. The molecule has 0 aromatic heterocycles. The van der Waals surface area contributed by atoms with Crippen molar-refractivity contribution in [3.8, 4) is 17.6 Å². The predicted molar refractivity (Wildman–Crippen MR) is 140 cm³/mol. The van der Waals surface area contributed by atoms with E-state index < -0.39 is 5.91 Å². The number of nitriles is 1. The van der Waals surface area contributed by atoms with Gasteiger partial charge in [-0.05, 0) is 102 Å². The van der Waals surface area contributed by atoms with Crippen molar-refractivity contribution in [3.63, 3.8) is 0 Å². The molecule has 0 aliphatic carbocycles. The zero-order valence-electron chi connectivity index (χ0n) is 18.4. The third kappa shape index (κ3) is 7.64. The summed E-state index contributed by atoms with van der Waals surface area (Å²) in [5.74, 6) is 0.431. The normalized spacial score (nSPS) is 10.7. The lowest BCUT2D eigenvalue weighted by molar-refractivity contribution is -0.118. The Balaban J connectivity index is 1.53. The molecule has 172 valence electrons. The molecule has 0 aliphatic rings. The topological polar surface area (TPSA) is 100 Å². The Bertz CT molecular complexity index is 1200. The van der Waals surface area contributed by atoms with Gasteiger partial charge in [0.25, 0.3) is 11.8 Å². The van der Waals surface area contributed by atoms with Crippen LogP contribution in [0.15, 0.2) is 78.4 Å². The smallest absolute Gasteiger partial charge is 0.266 e. The standard InChI is InChI=1S/C26H22IN3O4/c1-2-33-23-13-9-21(10-14-23)29-25(31)17-34-24-11-3-18(4-12-24)15-19(16-28)26(32)30-22-7-5-20(27)6-8-22/h3-15H,2,17H2,1H3,(H,29,31)(H,30,32)/b19-15-. The number of ether oxygens (including phenoxy) is 2. The van der Waals surface area contributed by atoms with E-state index in [2.05, 4.69) is 33.2 Å². The number of nitrogens with zero attached hydrogens (tertiary/aromatic N) is 1. The molecule has 0 atom stereocenters. The van der Waals surface area contributed by atoms with E-state index >= 15 is 0 Å².